The molecule has 3 rings (SSSR count). The number of morpholine rings is 1. The quantitative estimate of drug-likeness (QED) is 0.688. The largest absolute Gasteiger partial charge is 0.443 e. The van der Waals surface area contributed by atoms with Gasteiger partial charge < -0.3 is 14.4 Å². The summed E-state index contributed by atoms with van der Waals surface area (Å²) in [5.41, 5.74) is -0.402. The first-order valence-electron chi connectivity index (χ1n) is 10.1. The van der Waals surface area contributed by atoms with E-state index in [1.807, 2.05) is 6.92 Å². The number of nitrogens with zero attached hydrogens (tertiary/aromatic N) is 2. The minimum atomic E-state index is -4.43. The van der Waals surface area contributed by atoms with Crippen LogP contribution in [0.15, 0.2) is 30.5 Å². The summed E-state index contributed by atoms with van der Waals surface area (Å²) in [5, 5.41) is 0. The topological polar surface area (TPSA) is 59.1 Å². The standard InChI is InChI=1S/C22H27F3N2O4/c1-14-13-30-10-9-26(14)19(28)18-11-16(12-27(18)20(29)31-21(2,3)4)15-5-7-17(8-6-15)22(23,24)25/h5-8,12,14,18H,9-11,13H2,1-4H3/t14-,18-/m0/s1. The molecule has 6 nitrogen and oxygen atoms in total. The second kappa shape index (κ2) is 8.53. The highest BCUT2D eigenvalue weighted by Gasteiger charge is 2.41. The molecule has 0 N–H and O–H groups in total. The third-order valence-electron chi connectivity index (χ3n) is 5.17. The third-order valence-corrected chi connectivity index (χ3v) is 5.17. The summed E-state index contributed by atoms with van der Waals surface area (Å²) in [5.74, 6) is -0.236. The molecule has 1 saturated heterocycles. The first-order valence-corrected chi connectivity index (χ1v) is 10.1. The molecule has 1 fully saturated rings. The van der Waals surface area contributed by atoms with Gasteiger partial charge in [-0.1, -0.05) is 12.1 Å². The van der Waals surface area contributed by atoms with Gasteiger partial charge in [0.25, 0.3) is 0 Å². The zero-order chi connectivity index (χ0) is 23.0. The summed E-state index contributed by atoms with van der Waals surface area (Å²) in [7, 11) is 0. The predicted molar refractivity (Wildman–Crippen MR) is 108 cm³/mol. The van der Waals surface area contributed by atoms with Gasteiger partial charge in [0.05, 0.1) is 24.8 Å². The molecule has 1 aromatic carbocycles. The van der Waals surface area contributed by atoms with E-state index in [9.17, 15) is 22.8 Å². The Labute approximate surface area is 179 Å². The molecule has 2 aliphatic heterocycles. The number of ether oxygens (including phenoxy) is 2. The number of alkyl halides is 3. The normalized spacial score (nSPS) is 22.4. The van der Waals surface area contributed by atoms with E-state index in [-0.39, 0.29) is 18.4 Å². The zero-order valence-corrected chi connectivity index (χ0v) is 18.0. The van der Waals surface area contributed by atoms with E-state index in [2.05, 4.69) is 0 Å². The average molecular weight is 440 g/mol. The van der Waals surface area contributed by atoms with Crippen molar-refractivity contribution in [2.45, 2.75) is 58.0 Å². The first-order chi connectivity index (χ1) is 14.4. The Balaban J connectivity index is 1.88. The van der Waals surface area contributed by atoms with Crippen LogP contribution in [0.3, 0.4) is 0 Å². The van der Waals surface area contributed by atoms with Gasteiger partial charge in [-0.3, -0.25) is 9.69 Å². The number of benzene rings is 1. The fourth-order valence-corrected chi connectivity index (χ4v) is 3.63. The van der Waals surface area contributed by atoms with Crippen LogP contribution in [0.1, 0.15) is 45.2 Å². The van der Waals surface area contributed by atoms with Gasteiger partial charge in [0, 0.05) is 19.2 Å². The molecule has 0 aromatic heterocycles. The van der Waals surface area contributed by atoms with Gasteiger partial charge in [-0.15, -0.1) is 0 Å². The first kappa shape index (κ1) is 23.1. The molecule has 2 heterocycles. The number of amides is 2. The van der Waals surface area contributed by atoms with Gasteiger partial charge in [0.15, 0.2) is 0 Å². The van der Waals surface area contributed by atoms with E-state index in [4.69, 9.17) is 9.47 Å². The number of rotatable bonds is 2. The molecular weight excluding hydrogens is 413 g/mol. The molecule has 1 aromatic rings. The molecule has 0 aliphatic carbocycles. The lowest BCUT2D eigenvalue weighted by molar-refractivity contribution is -0.143. The highest BCUT2D eigenvalue weighted by molar-refractivity contribution is 5.91. The van der Waals surface area contributed by atoms with Gasteiger partial charge in [-0.25, -0.2) is 4.79 Å². The summed E-state index contributed by atoms with van der Waals surface area (Å²) in [4.78, 5) is 29.0. The molecule has 2 aliphatic rings. The van der Waals surface area contributed by atoms with Gasteiger partial charge >= 0.3 is 12.3 Å². The molecule has 0 radical (unpaired) electrons. The lowest BCUT2D eigenvalue weighted by Gasteiger charge is -2.37. The van der Waals surface area contributed by atoms with Gasteiger partial charge in [0.1, 0.15) is 11.6 Å². The number of carbonyl (C=O) groups excluding carboxylic acids is 2. The van der Waals surface area contributed by atoms with Crippen molar-refractivity contribution >= 4 is 17.6 Å². The predicted octanol–water partition coefficient (Wildman–Crippen LogP) is 4.30. The Morgan fingerprint density at radius 2 is 1.77 bits per heavy atom. The van der Waals surface area contributed by atoms with E-state index in [1.165, 1.54) is 23.2 Å². The van der Waals surface area contributed by atoms with Crippen LogP contribution >= 0.6 is 0 Å². The maximum atomic E-state index is 13.3. The molecule has 0 unspecified atom stereocenters. The highest BCUT2D eigenvalue weighted by atomic mass is 19.4. The Hall–Kier alpha value is -2.55. The lowest BCUT2D eigenvalue weighted by atomic mass is 10.00. The van der Waals surface area contributed by atoms with Crippen LogP contribution in [0.2, 0.25) is 0 Å². The second-order valence-corrected chi connectivity index (χ2v) is 8.79. The smallest absolute Gasteiger partial charge is 0.416 e. The number of hydrogen-bond donors (Lipinski definition) is 0. The molecule has 31 heavy (non-hydrogen) atoms. The summed E-state index contributed by atoms with van der Waals surface area (Å²) < 4.78 is 49.5. The highest BCUT2D eigenvalue weighted by Crippen LogP contribution is 2.35. The maximum absolute atomic E-state index is 13.3. The zero-order valence-electron chi connectivity index (χ0n) is 18.0. The van der Waals surface area contributed by atoms with Crippen molar-refractivity contribution in [3.05, 3.63) is 41.6 Å². The van der Waals surface area contributed by atoms with Crippen molar-refractivity contribution in [2.24, 2.45) is 0 Å². The van der Waals surface area contributed by atoms with E-state index in [1.54, 1.807) is 25.7 Å². The van der Waals surface area contributed by atoms with Crippen LogP contribution in [-0.2, 0) is 20.4 Å². The van der Waals surface area contributed by atoms with Crippen molar-refractivity contribution in [3.63, 3.8) is 0 Å². The molecule has 0 spiro atoms. The SMILES string of the molecule is C[C@H]1COCCN1C(=O)[C@@H]1CC(c2ccc(C(F)(F)F)cc2)=CN1C(=O)OC(C)(C)C. The van der Waals surface area contributed by atoms with E-state index >= 15 is 0 Å². The molecule has 0 bridgehead atoms. The lowest BCUT2D eigenvalue weighted by Crippen LogP contribution is -2.54. The summed E-state index contributed by atoms with van der Waals surface area (Å²) in [6.07, 6.45) is -3.41. The van der Waals surface area contributed by atoms with Crippen LogP contribution in [0, 0.1) is 0 Å². The summed E-state index contributed by atoms with van der Waals surface area (Å²) in [6, 6.07) is 3.73. The third kappa shape index (κ3) is 5.39. The van der Waals surface area contributed by atoms with Gasteiger partial charge in [-0.2, -0.15) is 13.2 Å². The summed E-state index contributed by atoms with van der Waals surface area (Å²) >= 11 is 0. The van der Waals surface area contributed by atoms with E-state index in [0.717, 1.165) is 12.1 Å². The fraction of sp³-hybridized carbons (Fsp3) is 0.545. The Morgan fingerprint density at radius 1 is 1.13 bits per heavy atom. The number of halogens is 3. The molecular formula is C22H27F3N2O4. The van der Waals surface area contributed by atoms with E-state index in [0.29, 0.717) is 30.9 Å². The average Bonchev–Trinajstić information content (AvgIpc) is 3.12. The van der Waals surface area contributed by atoms with Crippen LogP contribution < -0.4 is 0 Å². The van der Waals surface area contributed by atoms with Crippen LogP contribution in [0.4, 0.5) is 18.0 Å². The Morgan fingerprint density at radius 3 is 2.32 bits per heavy atom. The van der Waals surface area contributed by atoms with Crippen molar-refractivity contribution in [2.75, 3.05) is 19.8 Å². The molecule has 2 amide bonds. The minimum Gasteiger partial charge on any atom is -0.443 e. The molecule has 170 valence electrons. The second-order valence-electron chi connectivity index (χ2n) is 8.79. The molecule has 9 heteroatoms. The van der Waals surface area contributed by atoms with Crippen molar-refractivity contribution < 1.29 is 32.2 Å². The van der Waals surface area contributed by atoms with Crippen molar-refractivity contribution in [3.8, 4) is 0 Å². The number of carbonyl (C=O) groups is 2. The molecule has 0 saturated carbocycles. The minimum absolute atomic E-state index is 0.142. The van der Waals surface area contributed by atoms with Gasteiger partial charge in [-0.05, 0) is 51.0 Å². The van der Waals surface area contributed by atoms with Crippen LogP contribution in [-0.4, -0.2) is 59.2 Å². The maximum Gasteiger partial charge on any atom is 0.416 e. The van der Waals surface area contributed by atoms with E-state index < -0.39 is 29.5 Å². The summed E-state index contributed by atoms with van der Waals surface area (Å²) in [6.45, 7) is 8.27. The van der Waals surface area contributed by atoms with Gasteiger partial charge in [0.2, 0.25) is 5.91 Å². The van der Waals surface area contributed by atoms with Crippen LogP contribution in [0.25, 0.3) is 5.57 Å². The Bertz CT molecular complexity index is 859. The fourth-order valence-electron chi connectivity index (χ4n) is 3.63. The van der Waals surface area contributed by atoms with Crippen molar-refractivity contribution in [1.29, 1.82) is 0 Å². The number of hydrogen-bond acceptors (Lipinski definition) is 4. The Kier molecular flexibility index (Phi) is 6.36. The van der Waals surface area contributed by atoms with Crippen LogP contribution in [0.5, 0.6) is 0 Å². The molecule has 2 atom stereocenters. The van der Waals surface area contributed by atoms with Crippen molar-refractivity contribution in [1.82, 2.24) is 9.80 Å². The monoisotopic (exact) mass is 440 g/mol.